The molecule has 0 saturated carbocycles. The van der Waals surface area contributed by atoms with Gasteiger partial charge in [-0.2, -0.15) is 0 Å². The minimum absolute atomic E-state index is 0.329. The number of benzene rings is 2. The number of likely N-dealkylation sites (N-methyl/N-ethyl adjacent to an activating group) is 1. The van der Waals surface area contributed by atoms with E-state index in [4.69, 9.17) is 0 Å². The number of nitrogens with one attached hydrogen (secondary N) is 2. The van der Waals surface area contributed by atoms with Crippen LogP contribution in [0.1, 0.15) is 11.1 Å². The Morgan fingerprint density at radius 3 is 2.50 bits per heavy atom. The van der Waals surface area contributed by atoms with E-state index >= 15 is 0 Å². The van der Waals surface area contributed by atoms with Gasteiger partial charge in [-0.15, -0.1) is 0 Å². The van der Waals surface area contributed by atoms with Crippen LogP contribution in [0.5, 0.6) is 0 Å². The highest BCUT2D eigenvalue weighted by atomic mass is 19.1. The van der Waals surface area contributed by atoms with E-state index in [0.717, 1.165) is 25.2 Å². The van der Waals surface area contributed by atoms with Gasteiger partial charge in [-0.1, -0.05) is 6.07 Å². The molecule has 22 heavy (non-hydrogen) atoms. The summed E-state index contributed by atoms with van der Waals surface area (Å²) in [6.45, 7) is 1.95. The molecule has 2 aromatic carbocycles. The number of fused-ring (bicyclic) bond motifs is 1. The van der Waals surface area contributed by atoms with Gasteiger partial charge < -0.3 is 15.5 Å². The van der Waals surface area contributed by atoms with Gasteiger partial charge in [0.25, 0.3) is 0 Å². The van der Waals surface area contributed by atoms with E-state index in [1.54, 1.807) is 0 Å². The number of carbonyl (C=O) groups excluding carboxylic acids is 1. The molecule has 1 aliphatic rings. The van der Waals surface area contributed by atoms with E-state index in [-0.39, 0.29) is 11.8 Å². The average Bonchev–Trinajstić information content (AvgIpc) is 2.49. The zero-order chi connectivity index (χ0) is 15.5. The Labute approximate surface area is 128 Å². The standard InChI is InChI=1S/C17H18FN3O/c1-21-9-8-12-2-5-16(10-13(12)11-21)20-17(22)19-15-6-3-14(18)4-7-15/h2-7,10H,8-9,11H2,1H3,(H2,19,20,22). The van der Waals surface area contributed by atoms with E-state index in [1.165, 1.54) is 35.4 Å². The van der Waals surface area contributed by atoms with Crippen LogP contribution in [0, 0.1) is 5.82 Å². The number of hydrogen-bond donors (Lipinski definition) is 2. The largest absolute Gasteiger partial charge is 0.323 e. The highest BCUT2D eigenvalue weighted by Gasteiger charge is 2.13. The first-order chi connectivity index (χ1) is 10.6. The first kappa shape index (κ1) is 14.5. The molecule has 0 aromatic heterocycles. The van der Waals surface area contributed by atoms with Crippen LogP contribution in [0.25, 0.3) is 0 Å². The highest BCUT2D eigenvalue weighted by Crippen LogP contribution is 2.22. The summed E-state index contributed by atoms with van der Waals surface area (Å²) in [6.07, 6.45) is 1.04. The third kappa shape index (κ3) is 3.43. The van der Waals surface area contributed by atoms with Crippen molar-refractivity contribution in [3.63, 3.8) is 0 Å². The minimum atomic E-state index is -0.337. The molecular weight excluding hydrogens is 281 g/mol. The van der Waals surface area contributed by atoms with Gasteiger partial charge in [-0.25, -0.2) is 9.18 Å². The maximum Gasteiger partial charge on any atom is 0.323 e. The predicted octanol–water partition coefficient (Wildman–Crippen LogP) is 3.46. The van der Waals surface area contributed by atoms with Gasteiger partial charge in [0.05, 0.1) is 0 Å². The summed E-state index contributed by atoms with van der Waals surface area (Å²) in [5, 5.41) is 5.49. The van der Waals surface area contributed by atoms with E-state index in [2.05, 4.69) is 28.6 Å². The van der Waals surface area contributed by atoms with Crippen LogP contribution in [0.4, 0.5) is 20.6 Å². The fourth-order valence-corrected chi connectivity index (χ4v) is 2.60. The van der Waals surface area contributed by atoms with E-state index in [1.807, 2.05) is 12.1 Å². The first-order valence-electron chi connectivity index (χ1n) is 7.24. The molecule has 1 heterocycles. The van der Waals surface area contributed by atoms with Crippen LogP contribution >= 0.6 is 0 Å². The molecule has 0 bridgehead atoms. The summed E-state index contributed by atoms with van der Waals surface area (Å²) in [6, 6.07) is 11.3. The van der Waals surface area contributed by atoms with Crippen molar-refractivity contribution in [2.75, 3.05) is 24.2 Å². The SMILES string of the molecule is CN1CCc2ccc(NC(=O)Nc3ccc(F)cc3)cc2C1. The number of nitrogens with zero attached hydrogens (tertiary/aromatic N) is 1. The Balaban J connectivity index is 1.66. The monoisotopic (exact) mass is 299 g/mol. The summed E-state index contributed by atoms with van der Waals surface area (Å²) in [5.41, 5.74) is 3.89. The van der Waals surface area contributed by atoms with E-state index in [0.29, 0.717) is 5.69 Å². The van der Waals surface area contributed by atoms with Crippen molar-refractivity contribution in [1.82, 2.24) is 4.90 Å². The molecule has 0 saturated heterocycles. The molecular formula is C17H18FN3O. The van der Waals surface area contributed by atoms with Crippen LogP contribution in [0.15, 0.2) is 42.5 Å². The van der Waals surface area contributed by atoms with Gasteiger partial charge in [0, 0.05) is 24.5 Å². The molecule has 5 heteroatoms. The number of anilines is 2. The summed E-state index contributed by atoms with van der Waals surface area (Å²) in [4.78, 5) is 14.2. The number of halogens is 1. The number of urea groups is 1. The molecule has 0 aliphatic carbocycles. The van der Waals surface area contributed by atoms with Gasteiger partial charge in [-0.3, -0.25) is 0 Å². The van der Waals surface area contributed by atoms with Crippen molar-refractivity contribution < 1.29 is 9.18 Å². The van der Waals surface area contributed by atoms with Gasteiger partial charge in [0.2, 0.25) is 0 Å². The Bertz CT molecular complexity index is 685. The van der Waals surface area contributed by atoms with Gasteiger partial charge in [0.1, 0.15) is 5.82 Å². The van der Waals surface area contributed by atoms with E-state index in [9.17, 15) is 9.18 Å². The average molecular weight is 299 g/mol. The predicted molar refractivity (Wildman–Crippen MR) is 85.5 cm³/mol. The Hall–Kier alpha value is -2.40. The third-order valence-electron chi connectivity index (χ3n) is 3.77. The molecule has 114 valence electrons. The van der Waals surface area contributed by atoms with Crippen molar-refractivity contribution in [2.45, 2.75) is 13.0 Å². The third-order valence-corrected chi connectivity index (χ3v) is 3.77. The maximum atomic E-state index is 12.8. The molecule has 2 N–H and O–H groups in total. The number of hydrogen-bond acceptors (Lipinski definition) is 2. The molecule has 0 spiro atoms. The van der Waals surface area contributed by atoms with Crippen molar-refractivity contribution in [3.8, 4) is 0 Å². The molecule has 0 atom stereocenters. The second kappa shape index (κ2) is 6.15. The molecule has 1 aliphatic heterocycles. The number of carbonyl (C=O) groups is 1. The van der Waals surface area contributed by atoms with E-state index < -0.39 is 0 Å². The van der Waals surface area contributed by atoms with Crippen LogP contribution in [-0.2, 0) is 13.0 Å². The number of rotatable bonds is 2. The lowest BCUT2D eigenvalue weighted by atomic mass is 9.99. The van der Waals surface area contributed by atoms with Crippen molar-refractivity contribution in [1.29, 1.82) is 0 Å². The van der Waals surface area contributed by atoms with Crippen LogP contribution in [-0.4, -0.2) is 24.5 Å². The van der Waals surface area contributed by atoms with Gasteiger partial charge in [0.15, 0.2) is 0 Å². The quantitative estimate of drug-likeness (QED) is 0.892. The topological polar surface area (TPSA) is 44.4 Å². The summed E-state index contributed by atoms with van der Waals surface area (Å²) >= 11 is 0. The molecule has 4 nitrogen and oxygen atoms in total. The van der Waals surface area contributed by atoms with Crippen molar-refractivity contribution in [3.05, 3.63) is 59.4 Å². The molecule has 0 fully saturated rings. The normalized spacial score (nSPS) is 14.3. The second-order valence-corrected chi connectivity index (χ2v) is 5.56. The summed E-state index contributed by atoms with van der Waals surface area (Å²) in [5.74, 6) is -0.329. The van der Waals surface area contributed by atoms with Crippen molar-refractivity contribution >= 4 is 17.4 Å². The molecule has 2 aromatic rings. The minimum Gasteiger partial charge on any atom is -0.308 e. The van der Waals surface area contributed by atoms with Gasteiger partial charge in [-0.05, 0) is 61.0 Å². The molecule has 0 radical (unpaired) electrons. The first-order valence-corrected chi connectivity index (χ1v) is 7.24. The Kier molecular flexibility index (Phi) is 4.06. The second-order valence-electron chi connectivity index (χ2n) is 5.56. The van der Waals surface area contributed by atoms with Crippen LogP contribution in [0.3, 0.4) is 0 Å². The zero-order valence-electron chi connectivity index (χ0n) is 12.4. The highest BCUT2D eigenvalue weighted by molar-refractivity contribution is 5.99. The lowest BCUT2D eigenvalue weighted by Gasteiger charge is -2.25. The lowest BCUT2D eigenvalue weighted by Crippen LogP contribution is -2.26. The molecule has 3 rings (SSSR count). The molecule has 2 amide bonds. The summed E-state index contributed by atoms with van der Waals surface area (Å²) in [7, 11) is 2.09. The summed E-state index contributed by atoms with van der Waals surface area (Å²) < 4.78 is 12.8. The maximum absolute atomic E-state index is 12.8. The van der Waals surface area contributed by atoms with Crippen molar-refractivity contribution in [2.24, 2.45) is 0 Å². The van der Waals surface area contributed by atoms with Crippen LogP contribution < -0.4 is 10.6 Å². The fraction of sp³-hybridized carbons (Fsp3) is 0.235. The number of amides is 2. The lowest BCUT2D eigenvalue weighted by molar-refractivity contribution is 0.262. The van der Waals surface area contributed by atoms with Gasteiger partial charge >= 0.3 is 6.03 Å². The fourth-order valence-electron chi connectivity index (χ4n) is 2.60. The molecule has 0 unspecified atom stereocenters. The zero-order valence-corrected chi connectivity index (χ0v) is 12.4. The van der Waals surface area contributed by atoms with Crippen LogP contribution in [0.2, 0.25) is 0 Å². The Morgan fingerprint density at radius 1 is 1.05 bits per heavy atom. The Morgan fingerprint density at radius 2 is 1.73 bits per heavy atom. The smallest absolute Gasteiger partial charge is 0.308 e.